The van der Waals surface area contributed by atoms with E-state index in [0.717, 1.165) is 45.3 Å². The van der Waals surface area contributed by atoms with Gasteiger partial charge in [-0.05, 0) is 68.5 Å². The number of Topliss-reactive ketones (excluding diaryl/α,β-unsaturated/α-hetero) is 1. The summed E-state index contributed by atoms with van der Waals surface area (Å²) in [5.74, 6) is -0.0962. The highest BCUT2D eigenvalue weighted by atomic mass is 32.1. The van der Waals surface area contributed by atoms with Gasteiger partial charge in [0, 0.05) is 6.54 Å². The summed E-state index contributed by atoms with van der Waals surface area (Å²) in [5.41, 5.74) is 0.832. The van der Waals surface area contributed by atoms with E-state index in [1.54, 1.807) is 17.0 Å². The van der Waals surface area contributed by atoms with E-state index in [-0.39, 0.29) is 11.4 Å². The molecule has 0 fully saturated rings. The molecule has 1 unspecified atom stereocenters. The van der Waals surface area contributed by atoms with Crippen LogP contribution in [0.5, 0.6) is 11.5 Å². The van der Waals surface area contributed by atoms with Gasteiger partial charge in [-0.25, -0.2) is 0 Å². The molecule has 0 aliphatic carbocycles. The van der Waals surface area contributed by atoms with Gasteiger partial charge in [-0.3, -0.25) is 9.59 Å². The van der Waals surface area contributed by atoms with Crippen LogP contribution in [0.15, 0.2) is 47.0 Å². The Kier molecular flexibility index (Phi) is 11.0. The topological polar surface area (TPSA) is 79.3 Å². The number of aliphatic hydroxyl groups is 1. The maximum Gasteiger partial charge on any atom is 0.290 e. The fraction of sp³-hybridized carbons (Fsp3) is 0.517. The van der Waals surface area contributed by atoms with E-state index < -0.39 is 17.7 Å². The van der Waals surface area contributed by atoms with Gasteiger partial charge in [0.2, 0.25) is 5.78 Å². The van der Waals surface area contributed by atoms with Crippen LogP contribution in [-0.4, -0.2) is 66.0 Å². The molecule has 8 heteroatoms. The van der Waals surface area contributed by atoms with Gasteiger partial charge < -0.3 is 24.4 Å². The number of hydrogen-bond acceptors (Lipinski definition) is 7. The molecular formula is C29H40N2O5S. The molecule has 1 aromatic heterocycles. The quantitative estimate of drug-likeness (QED) is 0.212. The van der Waals surface area contributed by atoms with Gasteiger partial charge in [0.05, 0.1) is 29.7 Å². The summed E-state index contributed by atoms with van der Waals surface area (Å²) < 4.78 is 11.9. The lowest BCUT2D eigenvalue weighted by molar-refractivity contribution is -0.129. The third-order valence-corrected chi connectivity index (χ3v) is 7.52. The predicted octanol–water partition coefficient (Wildman–Crippen LogP) is 6.03. The summed E-state index contributed by atoms with van der Waals surface area (Å²) in [4.78, 5) is 31.2. The maximum absolute atomic E-state index is 13.5. The van der Waals surface area contributed by atoms with Gasteiger partial charge in [-0.1, -0.05) is 45.7 Å². The molecule has 1 aliphatic heterocycles. The minimum absolute atomic E-state index is 0.120. The van der Waals surface area contributed by atoms with Crippen LogP contribution in [0.3, 0.4) is 0 Å². The Hall–Kier alpha value is -2.84. The molecule has 1 aromatic carbocycles. The summed E-state index contributed by atoms with van der Waals surface area (Å²) in [5, 5.41) is 12.7. The molecule has 0 saturated heterocycles. The maximum atomic E-state index is 13.5. The highest BCUT2D eigenvalue weighted by Gasteiger charge is 2.44. The Morgan fingerprint density at radius 3 is 2.49 bits per heavy atom. The number of amides is 1. The number of ether oxygens (including phenoxy) is 2. The Labute approximate surface area is 224 Å². The van der Waals surface area contributed by atoms with Crippen molar-refractivity contribution in [2.45, 2.75) is 59.4 Å². The molecule has 2 heterocycles. The lowest BCUT2D eigenvalue weighted by Gasteiger charge is -2.28. The normalized spacial score (nSPS) is 15.6. The van der Waals surface area contributed by atoms with Gasteiger partial charge >= 0.3 is 0 Å². The first-order chi connectivity index (χ1) is 18.0. The number of rotatable bonds is 16. The molecule has 0 radical (unpaired) electrons. The fourth-order valence-corrected chi connectivity index (χ4v) is 5.30. The van der Waals surface area contributed by atoms with E-state index in [2.05, 4.69) is 25.7 Å². The third kappa shape index (κ3) is 6.93. The number of unbranched alkanes of at least 4 members (excludes halogenated alkanes) is 2. The zero-order valence-electron chi connectivity index (χ0n) is 22.5. The second-order valence-corrected chi connectivity index (χ2v) is 9.99. The zero-order chi connectivity index (χ0) is 26.8. The second-order valence-electron chi connectivity index (χ2n) is 9.04. The molecule has 0 spiro atoms. The largest absolute Gasteiger partial charge is 0.503 e. The molecular weight excluding hydrogens is 488 g/mol. The van der Waals surface area contributed by atoms with Crippen molar-refractivity contribution in [3.05, 3.63) is 57.5 Å². The van der Waals surface area contributed by atoms with Crippen molar-refractivity contribution in [1.82, 2.24) is 9.80 Å². The van der Waals surface area contributed by atoms with Crippen LogP contribution < -0.4 is 9.47 Å². The summed E-state index contributed by atoms with van der Waals surface area (Å²) in [7, 11) is 0. The average molecular weight is 529 g/mol. The summed E-state index contributed by atoms with van der Waals surface area (Å²) in [6.07, 6.45) is 3.89. The van der Waals surface area contributed by atoms with Crippen molar-refractivity contribution in [2.24, 2.45) is 0 Å². The lowest BCUT2D eigenvalue weighted by Crippen LogP contribution is -2.34. The van der Waals surface area contributed by atoms with Gasteiger partial charge in [-0.2, -0.15) is 0 Å². The summed E-state index contributed by atoms with van der Waals surface area (Å²) >= 11 is 1.30. The molecule has 202 valence electrons. The van der Waals surface area contributed by atoms with E-state index in [0.29, 0.717) is 41.7 Å². The van der Waals surface area contributed by atoms with Crippen LogP contribution in [0.1, 0.15) is 74.7 Å². The molecule has 0 saturated carbocycles. The Morgan fingerprint density at radius 1 is 1.05 bits per heavy atom. The first-order valence-electron chi connectivity index (χ1n) is 13.4. The number of hydrogen-bond donors (Lipinski definition) is 1. The molecule has 1 N–H and O–H groups in total. The van der Waals surface area contributed by atoms with Crippen LogP contribution in [0.25, 0.3) is 0 Å². The Bertz CT molecular complexity index is 1060. The van der Waals surface area contributed by atoms with Crippen LogP contribution in [-0.2, 0) is 4.79 Å². The van der Waals surface area contributed by atoms with Crippen molar-refractivity contribution < 1.29 is 24.2 Å². The number of aliphatic hydroxyl groups excluding tert-OH is 1. The summed E-state index contributed by atoms with van der Waals surface area (Å²) in [6, 6.07) is 8.36. The van der Waals surface area contributed by atoms with Crippen LogP contribution in [0, 0.1) is 0 Å². The smallest absolute Gasteiger partial charge is 0.290 e. The minimum Gasteiger partial charge on any atom is -0.503 e. The standard InChI is InChI=1S/C29H40N2O5S/c1-5-9-10-18-36-22-15-14-21(20-23(22)35-8-4)26-25(27(32)24-13-11-19-37-24)28(33)29(34)31(26)17-12-16-30(6-2)7-3/h11,13-15,19-20,26,33H,5-10,12,16-18H2,1-4H3. The summed E-state index contributed by atoms with van der Waals surface area (Å²) in [6.45, 7) is 12.4. The number of nitrogens with zero attached hydrogens (tertiary/aromatic N) is 2. The molecule has 7 nitrogen and oxygen atoms in total. The molecule has 37 heavy (non-hydrogen) atoms. The second kappa shape index (κ2) is 14.2. The third-order valence-electron chi connectivity index (χ3n) is 6.65. The van der Waals surface area contributed by atoms with Crippen LogP contribution in [0.2, 0.25) is 0 Å². The molecule has 3 rings (SSSR count). The SMILES string of the molecule is CCCCCOc1ccc(C2C(C(=O)c3cccs3)=C(O)C(=O)N2CCCN(CC)CC)cc1OCC. The molecule has 1 aliphatic rings. The van der Waals surface area contributed by atoms with Gasteiger partial charge in [0.15, 0.2) is 17.3 Å². The van der Waals surface area contributed by atoms with Crippen molar-refractivity contribution in [3.8, 4) is 11.5 Å². The average Bonchev–Trinajstić information content (AvgIpc) is 3.53. The number of thiophene rings is 1. The van der Waals surface area contributed by atoms with Crippen molar-refractivity contribution in [3.63, 3.8) is 0 Å². The van der Waals surface area contributed by atoms with Gasteiger partial charge in [0.25, 0.3) is 5.91 Å². The predicted molar refractivity (Wildman–Crippen MR) is 148 cm³/mol. The van der Waals surface area contributed by atoms with E-state index in [9.17, 15) is 14.7 Å². The Morgan fingerprint density at radius 2 is 1.84 bits per heavy atom. The zero-order valence-corrected chi connectivity index (χ0v) is 23.3. The number of benzene rings is 1. The van der Waals surface area contributed by atoms with Gasteiger partial charge in [0.1, 0.15) is 0 Å². The fourth-order valence-electron chi connectivity index (χ4n) is 4.62. The molecule has 2 aromatic rings. The number of carbonyl (C=O) groups is 2. The van der Waals surface area contributed by atoms with Crippen LogP contribution >= 0.6 is 11.3 Å². The van der Waals surface area contributed by atoms with Crippen molar-refractivity contribution >= 4 is 23.0 Å². The van der Waals surface area contributed by atoms with E-state index in [1.165, 1.54) is 11.3 Å². The highest BCUT2D eigenvalue weighted by Crippen LogP contribution is 2.42. The van der Waals surface area contributed by atoms with Crippen LogP contribution in [0.4, 0.5) is 0 Å². The van der Waals surface area contributed by atoms with Crippen molar-refractivity contribution in [1.29, 1.82) is 0 Å². The van der Waals surface area contributed by atoms with Gasteiger partial charge in [-0.15, -0.1) is 11.3 Å². The Balaban J connectivity index is 1.96. The van der Waals surface area contributed by atoms with E-state index >= 15 is 0 Å². The lowest BCUT2D eigenvalue weighted by atomic mass is 9.95. The molecule has 0 bridgehead atoms. The first kappa shape index (κ1) is 28.7. The number of carbonyl (C=O) groups excluding carboxylic acids is 2. The van der Waals surface area contributed by atoms with Crippen molar-refractivity contribution in [2.75, 3.05) is 39.4 Å². The molecule has 1 atom stereocenters. The highest BCUT2D eigenvalue weighted by molar-refractivity contribution is 7.12. The van der Waals surface area contributed by atoms with E-state index in [1.807, 2.05) is 30.5 Å². The minimum atomic E-state index is -0.702. The van der Waals surface area contributed by atoms with E-state index in [4.69, 9.17) is 9.47 Å². The molecule has 1 amide bonds. The monoisotopic (exact) mass is 528 g/mol. The number of ketones is 1. The first-order valence-corrected chi connectivity index (χ1v) is 14.3.